The van der Waals surface area contributed by atoms with Crippen LogP contribution in [-0.2, 0) is 0 Å². The van der Waals surface area contributed by atoms with Gasteiger partial charge in [0.15, 0.2) is 0 Å². The number of rotatable bonds is 3. The molecule has 0 saturated heterocycles. The zero-order valence-electron chi connectivity index (χ0n) is 18.0. The summed E-state index contributed by atoms with van der Waals surface area (Å²) in [7, 11) is 0. The Morgan fingerprint density at radius 1 is 0.469 bits per heavy atom. The van der Waals surface area contributed by atoms with E-state index in [4.69, 9.17) is 0 Å². The number of hydrogen-bond donors (Lipinski definition) is 0. The van der Waals surface area contributed by atoms with E-state index in [1.165, 1.54) is 55.3 Å². The fourth-order valence-electron chi connectivity index (χ4n) is 4.87. The van der Waals surface area contributed by atoms with Crippen molar-refractivity contribution < 1.29 is 0 Å². The Bertz CT molecular complexity index is 1560. The molecule has 6 rings (SSSR count). The summed E-state index contributed by atoms with van der Waals surface area (Å²) in [5.74, 6) is 0. The van der Waals surface area contributed by atoms with Gasteiger partial charge in [0.25, 0.3) is 0 Å². The summed E-state index contributed by atoms with van der Waals surface area (Å²) in [4.78, 5) is 0. The van der Waals surface area contributed by atoms with Crippen LogP contribution in [0.15, 0.2) is 121 Å². The lowest BCUT2D eigenvalue weighted by Crippen LogP contribution is -1.93. The van der Waals surface area contributed by atoms with Crippen LogP contribution in [0.1, 0.15) is 5.56 Å². The molecule has 6 aromatic rings. The van der Waals surface area contributed by atoms with Gasteiger partial charge >= 0.3 is 0 Å². The first kappa shape index (κ1) is 18.7. The molecule has 0 fully saturated rings. The number of para-hydroxylation sites is 2. The topological polar surface area (TPSA) is 4.93 Å². The SMILES string of the molecule is Cc1c(-c2ccccc2)cccc1-c1ccc2c(c1)c1ccccc1n2-c1ccccc1. The first-order chi connectivity index (χ1) is 15.8. The largest absolute Gasteiger partial charge is 0.309 e. The quantitative estimate of drug-likeness (QED) is 0.276. The normalized spacial score (nSPS) is 11.3. The number of nitrogens with zero attached hydrogens (tertiary/aromatic N) is 1. The van der Waals surface area contributed by atoms with E-state index in [-0.39, 0.29) is 0 Å². The smallest absolute Gasteiger partial charge is 0.0541 e. The van der Waals surface area contributed by atoms with Crippen LogP contribution in [-0.4, -0.2) is 4.57 Å². The predicted octanol–water partition coefficient (Wildman–Crippen LogP) is 8.43. The number of fused-ring (bicyclic) bond motifs is 3. The van der Waals surface area contributed by atoms with E-state index in [9.17, 15) is 0 Å². The van der Waals surface area contributed by atoms with E-state index in [0.29, 0.717) is 0 Å². The molecular weight excluding hydrogens is 386 g/mol. The van der Waals surface area contributed by atoms with Crippen LogP contribution in [0, 0.1) is 6.92 Å². The molecule has 0 aliphatic heterocycles. The lowest BCUT2D eigenvalue weighted by Gasteiger charge is -2.13. The predicted molar refractivity (Wildman–Crippen MR) is 136 cm³/mol. The number of aromatic nitrogens is 1. The average Bonchev–Trinajstić information content (AvgIpc) is 3.19. The van der Waals surface area contributed by atoms with E-state index < -0.39 is 0 Å². The van der Waals surface area contributed by atoms with Gasteiger partial charge < -0.3 is 4.57 Å². The summed E-state index contributed by atoms with van der Waals surface area (Å²) in [6, 6.07) is 43.5. The number of hydrogen-bond acceptors (Lipinski definition) is 0. The third-order valence-electron chi connectivity index (χ3n) is 6.42. The second-order valence-electron chi connectivity index (χ2n) is 8.26. The van der Waals surface area contributed by atoms with Crippen molar-refractivity contribution in [2.75, 3.05) is 0 Å². The van der Waals surface area contributed by atoms with Crippen LogP contribution < -0.4 is 0 Å². The molecule has 0 aliphatic carbocycles. The molecule has 0 saturated carbocycles. The molecule has 1 nitrogen and oxygen atoms in total. The molecule has 32 heavy (non-hydrogen) atoms. The van der Waals surface area contributed by atoms with Crippen LogP contribution in [0.5, 0.6) is 0 Å². The minimum absolute atomic E-state index is 1.19. The highest BCUT2D eigenvalue weighted by molar-refractivity contribution is 6.10. The van der Waals surface area contributed by atoms with Crippen molar-refractivity contribution in [3.63, 3.8) is 0 Å². The van der Waals surface area contributed by atoms with E-state index in [2.05, 4.69) is 133 Å². The zero-order chi connectivity index (χ0) is 21.5. The highest BCUT2D eigenvalue weighted by Crippen LogP contribution is 2.37. The zero-order valence-corrected chi connectivity index (χ0v) is 18.0. The summed E-state index contributed by atoms with van der Waals surface area (Å²) in [5.41, 5.74) is 10.1. The van der Waals surface area contributed by atoms with E-state index in [1.807, 2.05) is 0 Å². The van der Waals surface area contributed by atoms with Gasteiger partial charge in [0.1, 0.15) is 0 Å². The molecule has 5 aromatic carbocycles. The van der Waals surface area contributed by atoms with Crippen molar-refractivity contribution in [2.24, 2.45) is 0 Å². The molecule has 0 bridgehead atoms. The van der Waals surface area contributed by atoms with Crippen molar-refractivity contribution in [2.45, 2.75) is 6.92 Å². The van der Waals surface area contributed by atoms with E-state index in [1.54, 1.807) is 0 Å². The molecule has 0 radical (unpaired) electrons. The van der Waals surface area contributed by atoms with Crippen LogP contribution in [0.2, 0.25) is 0 Å². The van der Waals surface area contributed by atoms with Crippen LogP contribution in [0.4, 0.5) is 0 Å². The maximum absolute atomic E-state index is 2.36. The Balaban J connectivity index is 1.59. The fraction of sp³-hybridized carbons (Fsp3) is 0.0323. The monoisotopic (exact) mass is 409 g/mol. The molecule has 1 heteroatoms. The second kappa shape index (κ2) is 7.55. The Kier molecular flexibility index (Phi) is 4.40. The van der Waals surface area contributed by atoms with Gasteiger partial charge in [-0.15, -0.1) is 0 Å². The van der Waals surface area contributed by atoms with Gasteiger partial charge in [-0.05, 0) is 65.1 Å². The molecule has 0 N–H and O–H groups in total. The third kappa shape index (κ3) is 2.94. The van der Waals surface area contributed by atoms with Crippen LogP contribution in [0.25, 0.3) is 49.7 Å². The van der Waals surface area contributed by atoms with Crippen LogP contribution in [0.3, 0.4) is 0 Å². The standard InChI is InChI=1S/C31H23N/c1-22-26(23-11-4-2-5-12-23)16-10-17-27(22)24-19-20-31-29(21-24)28-15-8-9-18-30(28)32(31)25-13-6-3-7-14-25/h2-21H,1H3. The summed E-state index contributed by atoms with van der Waals surface area (Å²) in [5, 5.41) is 2.57. The Labute approximate surface area is 188 Å². The van der Waals surface area contributed by atoms with Gasteiger partial charge in [0, 0.05) is 16.5 Å². The molecule has 152 valence electrons. The molecule has 0 amide bonds. The van der Waals surface area contributed by atoms with Crippen molar-refractivity contribution >= 4 is 21.8 Å². The van der Waals surface area contributed by atoms with Crippen molar-refractivity contribution in [3.05, 3.63) is 127 Å². The van der Waals surface area contributed by atoms with Crippen molar-refractivity contribution in [1.82, 2.24) is 4.57 Å². The molecular formula is C31H23N. The summed E-state index contributed by atoms with van der Waals surface area (Å²) >= 11 is 0. The Morgan fingerprint density at radius 2 is 1.09 bits per heavy atom. The highest BCUT2D eigenvalue weighted by atomic mass is 15.0. The third-order valence-corrected chi connectivity index (χ3v) is 6.42. The maximum atomic E-state index is 2.36. The Morgan fingerprint density at radius 3 is 1.88 bits per heavy atom. The van der Waals surface area contributed by atoms with Gasteiger partial charge in [-0.2, -0.15) is 0 Å². The van der Waals surface area contributed by atoms with Gasteiger partial charge in [-0.1, -0.05) is 91.0 Å². The fourth-order valence-corrected chi connectivity index (χ4v) is 4.87. The summed E-state index contributed by atoms with van der Waals surface area (Å²) < 4.78 is 2.36. The molecule has 0 aliphatic rings. The maximum Gasteiger partial charge on any atom is 0.0541 e. The molecule has 1 aromatic heterocycles. The minimum atomic E-state index is 1.19. The minimum Gasteiger partial charge on any atom is -0.309 e. The number of benzene rings is 5. The van der Waals surface area contributed by atoms with E-state index in [0.717, 1.165) is 0 Å². The van der Waals surface area contributed by atoms with Gasteiger partial charge in [-0.25, -0.2) is 0 Å². The second-order valence-corrected chi connectivity index (χ2v) is 8.26. The highest BCUT2D eigenvalue weighted by Gasteiger charge is 2.14. The van der Waals surface area contributed by atoms with Gasteiger partial charge in [-0.3, -0.25) is 0 Å². The lowest BCUT2D eigenvalue weighted by molar-refractivity contribution is 1.18. The van der Waals surface area contributed by atoms with Crippen LogP contribution >= 0.6 is 0 Å². The summed E-state index contributed by atoms with van der Waals surface area (Å²) in [6.07, 6.45) is 0. The molecule has 1 heterocycles. The Hall–Kier alpha value is -4.10. The average molecular weight is 410 g/mol. The first-order valence-electron chi connectivity index (χ1n) is 11.1. The van der Waals surface area contributed by atoms with Gasteiger partial charge in [0.2, 0.25) is 0 Å². The first-order valence-corrected chi connectivity index (χ1v) is 11.1. The summed E-state index contributed by atoms with van der Waals surface area (Å²) in [6.45, 7) is 2.23. The lowest BCUT2D eigenvalue weighted by atomic mass is 9.92. The molecule has 0 unspecified atom stereocenters. The van der Waals surface area contributed by atoms with Crippen molar-refractivity contribution in [3.8, 4) is 27.9 Å². The van der Waals surface area contributed by atoms with E-state index >= 15 is 0 Å². The molecule has 0 atom stereocenters. The molecule has 0 spiro atoms. The van der Waals surface area contributed by atoms with Crippen molar-refractivity contribution in [1.29, 1.82) is 0 Å². The van der Waals surface area contributed by atoms with Gasteiger partial charge in [0.05, 0.1) is 11.0 Å².